The van der Waals surface area contributed by atoms with Crippen LogP contribution in [-0.4, -0.2) is 56.3 Å². The first kappa shape index (κ1) is 34.1. The van der Waals surface area contributed by atoms with Gasteiger partial charge in [0.15, 0.2) is 0 Å². The van der Waals surface area contributed by atoms with Gasteiger partial charge in [-0.1, -0.05) is 0 Å². The first-order chi connectivity index (χ1) is 15.0. The summed E-state index contributed by atoms with van der Waals surface area (Å²) in [5.74, 6) is 0. The number of halogens is 3. The van der Waals surface area contributed by atoms with Crippen molar-refractivity contribution in [1.29, 1.82) is 0 Å². The van der Waals surface area contributed by atoms with Gasteiger partial charge < -0.3 is 13.7 Å². The van der Waals surface area contributed by atoms with Crippen LogP contribution in [0, 0.1) is 10.7 Å². The van der Waals surface area contributed by atoms with Crippen molar-refractivity contribution in [3.8, 4) is 0 Å². The Morgan fingerprint density at radius 2 is 0.559 bits per heavy atom. The minimum Gasteiger partial charge on any atom is -0.744 e. The number of rotatable bonds is 3. The topological polar surface area (TPSA) is 172 Å². The molecule has 9 nitrogen and oxygen atoms in total. The van der Waals surface area contributed by atoms with E-state index in [9.17, 15) is 38.9 Å². The molecule has 0 amide bonds. The molecular formula is C18H12AlI3O9S3. The molecule has 3 aromatic rings. The molecule has 0 spiro atoms. The molecule has 16 heteroatoms. The normalized spacial score (nSPS) is 11.1. The molecule has 0 aliphatic rings. The maximum atomic E-state index is 10.4. The van der Waals surface area contributed by atoms with Gasteiger partial charge in [0.2, 0.25) is 0 Å². The summed E-state index contributed by atoms with van der Waals surface area (Å²) in [6.45, 7) is 0. The maximum Gasteiger partial charge on any atom is 3.00 e. The standard InChI is InChI=1S/3C6H5IO3S.Al/c3*7-5-1-3-6(4-2-5)11(8,9)10;/h3*1-4H,(H,8,9,10);/q;;;+3/p-3. The van der Waals surface area contributed by atoms with E-state index >= 15 is 0 Å². The third kappa shape index (κ3) is 13.4. The van der Waals surface area contributed by atoms with E-state index in [0.717, 1.165) is 10.7 Å². The first-order valence-corrected chi connectivity index (χ1v) is 15.6. The van der Waals surface area contributed by atoms with E-state index in [-0.39, 0.29) is 32.0 Å². The van der Waals surface area contributed by atoms with E-state index in [1.54, 1.807) is 36.4 Å². The molecule has 0 heterocycles. The molecule has 0 fully saturated rings. The van der Waals surface area contributed by atoms with Crippen LogP contribution in [0.2, 0.25) is 0 Å². The van der Waals surface area contributed by atoms with Crippen molar-refractivity contribution in [3.05, 3.63) is 83.5 Å². The summed E-state index contributed by atoms with van der Waals surface area (Å²) in [7, 11) is -12.8. The van der Waals surface area contributed by atoms with Gasteiger partial charge in [-0.2, -0.15) is 0 Å². The maximum absolute atomic E-state index is 10.4. The molecular weight excluding hydrogens is 864 g/mol. The number of hydrogen-bond donors (Lipinski definition) is 0. The summed E-state index contributed by atoms with van der Waals surface area (Å²) in [6.07, 6.45) is 0. The third-order valence-electron chi connectivity index (χ3n) is 3.31. The van der Waals surface area contributed by atoms with Crippen LogP contribution >= 0.6 is 67.8 Å². The van der Waals surface area contributed by atoms with Gasteiger partial charge in [0.25, 0.3) is 0 Å². The van der Waals surface area contributed by atoms with Crippen LogP contribution in [-0.2, 0) is 30.4 Å². The molecule has 0 saturated carbocycles. The van der Waals surface area contributed by atoms with Gasteiger partial charge in [-0.05, 0) is 141 Å². The fourth-order valence-corrected chi connectivity index (χ4v) is 4.29. The van der Waals surface area contributed by atoms with Gasteiger partial charge >= 0.3 is 17.4 Å². The quantitative estimate of drug-likeness (QED) is 0.218. The van der Waals surface area contributed by atoms with Crippen molar-refractivity contribution < 1.29 is 38.9 Å². The number of hydrogen-bond acceptors (Lipinski definition) is 9. The zero-order valence-corrected chi connectivity index (χ0v) is 26.6. The number of benzene rings is 3. The van der Waals surface area contributed by atoms with Crippen molar-refractivity contribution in [2.24, 2.45) is 0 Å². The molecule has 3 rings (SSSR count). The molecule has 180 valence electrons. The Bertz CT molecular complexity index is 1200. The predicted octanol–water partition coefficient (Wildman–Crippen LogP) is 3.21. The molecule has 0 N–H and O–H groups in total. The Balaban J connectivity index is 0.000000473. The van der Waals surface area contributed by atoms with E-state index in [0.29, 0.717) is 0 Å². The average molecular weight is 876 g/mol. The van der Waals surface area contributed by atoms with E-state index in [1.165, 1.54) is 36.4 Å². The van der Waals surface area contributed by atoms with Crippen LogP contribution < -0.4 is 0 Å². The van der Waals surface area contributed by atoms with Gasteiger partial charge in [0.05, 0.1) is 14.7 Å². The van der Waals surface area contributed by atoms with Crippen molar-refractivity contribution in [2.45, 2.75) is 14.7 Å². The minimum atomic E-state index is -4.27. The second-order valence-electron chi connectivity index (χ2n) is 5.72. The largest absolute Gasteiger partial charge is 3.00 e. The van der Waals surface area contributed by atoms with E-state index in [4.69, 9.17) is 0 Å². The van der Waals surface area contributed by atoms with Crippen molar-refractivity contribution in [1.82, 2.24) is 0 Å². The smallest absolute Gasteiger partial charge is 0.744 e. The molecule has 0 atom stereocenters. The van der Waals surface area contributed by atoms with Crippen LogP contribution in [0.4, 0.5) is 0 Å². The SMILES string of the molecule is O=S(=O)([O-])c1ccc(I)cc1.O=S(=O)([O-])c1ccc(I)cc1.O=S(=O)([O-])c1ccc(I)cc1.[Al+3]. The second-order valence-corrected chi connectivity index (χ2v) is 13.6. The minimum absolute atomic E-state index is 0. The summed E-state index contributed by atoms with van der Waals surface area (Å²) < 4.78 is 96.2. The Morgan fingerprint density at radius 1 is 0.412 bits per heavy atom. The summed E-state index contributed by atoms with van der Waals surface area (Å²) in [5, 5.41) is 0. The molecule has 34 heavy (non-hydrogen) atoms. The molecule has 0 saturated heterocycles. The van der Waals surface area contributed by atoms with E-state index in [1.807, 2.05) is 67.8 Å². The average Bonchev–Trinajstić information content (AvgIpc) is 2.68. The third-order valence-corrected chi connectivity index (χ3v) is 8.01. The summed E-state index contributed by atoms with van der Waals surface area (Å²) in [5.41, 5.74) is 0. The van der Waals surface area contributed by atoms with Gasteiger partial charge in [0, 0.05) is 10.7 Å². The van der Waals surface area contributed by atoms with Crippen molar-refractivity contribution >= 4 is 115 Å². The van der Waals surface area contributed by atoms with Gasteiger partial charge in [-0.15, -0.1) is 0 Å². The molecule has 0 radical (unpaired) electrons. The zero-order chi connectivity index (χ0) is 25.4. The Hall–Kier alpha value is 0.112. The van der Waals surface area contributed by atoms with Gasteiger partial charge in [-0.3, -0.25) is 0 Å². The predicted molar refractivity (Wildman–Crippen MR) is 147 cm³/mol. The van der Waals surface area contributed by atoms with Crippen molar-refractivity contribution in [3.63, 3.8) is 0 Å². The van der Waals surface area contributed by atoms with Crippen LogP contribution in [0.3, 0.4) is 0 Å². The zero-order valence-electron chi connectivity index (χ0n) is 16.5. The van der Waals surface area contributed by atoms with E-state index < -0.39 is 30.4 Å². The Labute approximate surface area is 249 Å². The fourth-order valence-electron chi connectivity index (χ4n) is 1.80. The van der Waals surface area contributed by atoms with Gasteiger partial charge in [-0.25, -0.2) is 25.3 Å². The summed E-state index contributed by atoms with van der Waals surface area (Å²) in [4.78, 5) is -0.547. The molecule has 0 bridgehead atoms. The van der Waals surface area contributed by atoms with Gasteiger partial charge in [0.1, 0.15) is 30.4 Å². The monoisotopic (exact) mass is 876 g/mol. The van der Waals surface area contributed by atoms with Crippen LogP contribution in [0.1, 0.15) is 0 Å². The Kier molecular flexibility index (Phi) is 14.8. The summed E-state index contributed by atoms with van der Waals surface area (Å²) in [6, 6.07) is 17.2. The first-order valence-electron chi connectivity index (χ1n) is 8.14. The fraction of sp³-hybridized carbons (Fsp3) is 0. The molecule has 0 aromatic heterocycles. The van der Waals surface area contributed by atoms with Crippen LogP contribution in [0.5, 0.6) is 0 Å². The van der Waals surface area contributed by atoms with E-state index in [2.05, 4.69) is 0 Å². The van der Waals surface area contributed by atoms with Crippen LogP contribution in [0.15, 0.2) is 87.5 Å². The Morgan fingerprint density at radius 3 is 0.676 bits per heavy atom. The molecule has 3 aromatic carbocycles. The molecule has 0 aliphatic carbocycles. The molecule has 0 aliphatic heterocycles. The second kappa shape index (κ2) is 14.8. The van der Waals surface area contributed by atoms with Crippen LogP contribution in [0.25, 0.3) is 0 Å². The summed E-state index contributed by atoms with van der Waals surface area (Å²) >= 11 is 6.08. The molecule has 0 unspecified atom stereocenters. The van der Waals surface area contributed by atoms with Crippen molar-refractivity contribution in [2.75, 3.05) is 0 Å².